The van der Waals surface area contributed by atoms with E-state index < -0.39 is 6.29 Å². The monoisotopic (exact) mass is 313 g/mol. The van der Waals surface area contributed by atoms with Gasteiger partial charge in [-0.1, -0.05) is 11.6 Å². The van der Waals surface area contributed by atoms with Gasteiger partial charge in [0.25, 0.3) is 0 Å². The topological polar surface area (TPSA) is 58.5 Å². The molecule has 3 rings (SSSR count). The van der Waals surface area contributed by atoms with Crippen molar-refractivity contribution in [1.29, 1.82) is 0 Å². The van der Waals surface area contributed by atoms with Crippen LogP contribution in [0.5, 0.6) is 0 Å². The summed E-state index contributed by atoms with van der Waals surface area (Å²) in [5.74, 6) is -0.367. The number of rotatable bonds is 6. The Balaban J connectivity index is 1.53. The van der Waals surface area contributed by atoms with E-state index in [0.29, 0.717) is 26.2 Å². The molecular formula is C16H27NO5. The first-order valence-electron chi connectivity index (χ1n) is 8.54. The fourth-order valence-corrected chi connectivity index (χ4v) is 3.41. The van der Waals surface area contributed by atoms with Gasteiger partial charge in [-0.25, -0.2) is 0 Å². The molecule has 2 fully saturated rings. The van der Waals surface area contributed by atoms with Gasteiger partial charge >= 0.3 is 0 Å². The number of ether oxygens (including phenoxy) is 4. The Morgan fingerprint density at radius 2 is 1.86 bits per heavy atom. The predicted octanol–water partition coefficient (Wildman–Crippen LogP) is 2.61. The molecule has 1 aliphatic carbocycles. The molecule has 0 aromatic heterocycles. The van der Waals surface area contributed by atoms with E-state index in [1.165, 1.54) is 19.3 Å². The first kappa shape index (κ1) is 16.2. The minimum atomic E-state index is -0.411. The molecule has 6 heteroatoms. The van der Waals surface area contributed by atoms with Gasteiger partial charge in [0.05, 0.1) is 6.61 Å². The quantitative estimate of drug-likeness (QED) is 0.706. The molecule has 126 valence electrons. The van der Waals surface area contributed by atoms with Crippen LogP contribution >= 0.6 is 0 Å². The normalized spacial score (nSPS) is 30.8. The largest absolute Gasteiger partial charge is 0.389 e. The van der Waals surface area contributed by atoms with Crippen molar-refractivity contribution in [3.8, 4) is 0 Å². The smallest absolute Gasteiger partial charge is 0.200 e. The number of hydrogen-bond donors (Lipinski definition) is 0. The van der Waals surface area contributed by atoms with Crippen LogP contribution in [0.1, 0.15) is 52.4 Å². The molecule has 1 spiro atoms. The molecule has 6 nitrogen and oxygen atoms in total. The zero-order valence-electron chi connectivity index (χ0n) is 13.6. The minimum absolute atomic E-state index is 0.0525. The van der Waals surface area contributed by atoms with Crippen LogP contribution in [0.25, 0.3) is 0 Å². The third-order valence-electron chi connectivity index (χ3n) is 4.53. The summed E-state index contributed by atoms with van der Waals surface area (Å²) < 4.78 is 23.4. The van der Waals surface area contributed by atoms with Crippen molar-refractivity contribution in [2.24, 2.45) is 5.16 Å². The van der Waals surface area contributed by atoms with Gasteiger partial charge in [-0.15, -0.1) is 0 Å². The number of oxime groups is 1. The zero-order valence-corrected chi connectivity index (χ0v) is 13.6. The zero-order chi connectivity index (χ0) is 15.4. The van der Waals surface area contributed by atoms with Gasteiger partial charge in [-0.05, 0) is 26.7 Å². The molecule has 2 aliphatic heterocycles. The second-order valence-corrected chi connectivity index (χ2v) is 6.11. The van der Waals surface area contributed by atoms with Crippen LogP contribution in [0, 0.1) is 0 Å². The van der Waals surface area contributed by atoms with E-state index in [1.54, 1.807) is 0 Å². The van der Waals surface area contributed by atoms with Crippen LogP contribution in [0.15, 0.2) is 5.16 Å². The maximum absolute atomic E-state index is 6.22. The molecular weight excluding hydrogens is 286 g/mol. The summed E-state index contributed by atoms with van der Waals surface area (Å²) in [5, 5.41) is 4.16. The SMILES string of the molecule is CCOC(OCC)C1=NO[C@H]([C@H]2COC3(CCCCC3)O2)C1. The van der Waals surface area contributed by atoms with Gasteiger partial charge in [0.2, 0.25) is 6.29 Å². The van der Waals surface area contributed by atoms with Crippen molar-refractivity contribution in [3.63, 3.8) is 0 Å². The fraction of sp³-hybridized carbons (Fsp3) is 0.938. The Labute approximate surface area is 132 Å². The van der Waals surface area contributed by atoms with Crippen LogP contribution in [-0.4, -0.2) is 49.8 Å². The van der Waals surface area contributed by atoms with Crippen molar-refractivity contribution in [2.45, 2.75) is 76.7 Å². The number of hydrogen-bond acceptors (Lipinski definition) is 6. The lowest BCUT2D eigenvalue weighted by Gasteiger charge is -2.32. The molecule has 22 heavy (non-hydrogen) atoms. The highest BCUT2D eigenvalue weighted by Gasteiger charge is 2.47. The molecule has 0 bridgehead atoms. The van der Waals surface area contributed by atoms with Crippen molar-refractivity contribution in [1.82, 2.24) is 0 Å². The Morgan fingerprint density at radius 1 is 1.14 bits per heavy atom. The summed E-state index contributed by atoms with van der Waals surface area (Å²) in [6, 6.07) is 0. The Morgan fingerprint density at radius 3 is 2.55 bits per heavy atom. The average molecular weight is 313 g/mol. The predicted molar refractivity (Wildman–Crippen MR) is 80.6 cm³/mol. The highest BCUT2D eigenvalue weighted by molar-refractivity contribution is 5.88. The summed E-state index contributed by atoms with van der Waals surface area (Å²) in [6.45, 7) is 5.64. The van der Waals surface area contributed by atoms with E-state index in [1.807, 2.05) is 13.8 Å². The molecule has 1 saturated heterocycles. The lowest BCUT2D eigenvalue weighted by molar-refractivity contribution is -0.197. The van der Waals surface area contributed by atoms with Crippen LogP contribution in [0.4, 0.5) is 0 Å². The highest BCUT2D eigenvalue weighted by Crippen LogP contribution is 2.39. The molecule has 2 heterocycles. The third kappa shape index (κ3) is 3.45. The summed E-state index contributed by atoms with van der Waals surface area (Å²) in [4.78, 5) is 5.58. The molecule has 0 unspecified atom stereocenters. The van der Waals surface area contributed by atoms with E-state index in [9.17, 15) is 0 Å². The molecule has 3 aliphatic rings. The van der Waals surface area contributed by atoms with Crippen LogP contribution in [-0.2, 0) is 23.8 Å². The van der Waals surface area contributed by atoms with Gasteiger partial charge in [0.1, 0.15) is 11.8 Å². The van der Waals surface area contributed by atoms with Crippen LogP contribution < -0.4 is 0 Å². The second kappa shape index (κ2) is 7.25. The molecule has 0 aromatic rings. The van der Waals surface area contributed by atoms with Gasteiger partial charge < -0.3 is 23.8 Å². The average Bonchev–Trinajstić information content (AvgIpc) is 3.16. The maximum Gasteiger partial charge on any atom is 0.200 e. The van der Waals surface area contributed by atoms with Gasteiger partial charge in [0.15, 0.2) is 11.9 Å². The van der Waals surface area contributed by atoms with Crippen molar-refractivity contribution >= 4 is 5.71 Å². The van der Waals surface area contributed by atoms with Crippen LogP contribution in [0.3, 0.4) is 0 Å². The highest BCUT2D eigenvalue weighted by atomic mass is 16.8. The van der Waals surface area contributed by atoms with Gasteiger partial charge in [-0.2, -0.15) is 0 Å². The van der Waals surface area contributed by atoms with Crippen molar-refractivity contribution < 1.29 is 23.8 Å². The summed E-state index contributed by atoms with van der Waals surface area (Å²) in [7, 11) is 0. The molecule has 2 atom stereocenters. The van der Waals surface area contributed by atoms with Crippen LogP contribution in [0.2, 0.25) is 0 Å². The molecule has 1 saturated carbocycles. The number of nitrogens with zero attached hydrogens (tertiary/aromatic N) is 1. The Kier molecular flexibility index (Phi) is 5.33. The second-order valence-electron chi connectivity index (χ2n) is 6.11. The summed E-state index contributed by atoms with van der Waals surface area (Å²) >= 11 is 0. The van der Waals surface area contributed by atoms with Crippen molar-refractivity contribution in [2.75, 3.05) is 19.8 Å². The standard InChI is InChI=1S/C16H27NO5/c1-3-18-15(19-4-2)12-10-13(22-17-12)14-11-20-16(21-14)8-6-5-7-9-16/h13-15H,3-11H2,1-2H3/t13-,14+/m0/s1. The first-order chi connectivity index (χ1) is 10.8. The van der Waals surface area contributed by atoms with Crippen molar-refractivity contribution in [3.05, 3.63) is 0 Å². The lowest BCUT2D eigenvalue weighted by atomic mass is 9.94. The van der Waals surface area contributed by atoms with Gasteiger partial charge in [-0.3, -0.25) is 0 Å². The van der Waals surface area contributed by atoms with E-state index in [2.05, 4.69) is 5.16 Å². The molecule has 0 aromatic carbocycles. The molecule has 0 amide bonds. The minimum Gasteiger partial charge on any atom is -0.389 e. The summed E-state index contributed by atoms with van der Waals surface area (Å²) in [6.07, 6.45) is 5.72. The Hall–Kier alpha value is -0.690. The first-order valence-corrected chi connectivity index (χ1v) is 8.54. The summed E-state index contributed by atoms with van der Waals surface area (Å²) in [5.41, 5.74) is 0.807. The third-order valence-corrected chi connectivity index (χ3v) is 4.53. The maximum atomic E-state index is 6.22. The van der Waals surface area contributed by atoms with E-state index in [0.717, 1.165) is 18.6 Å². The van der Waals surface area contributed by atoms with E-state index in [4.69, 9.17) is 23.8 Å². The lowest BCUT2D eigenvalue weighted by Crippen LogP contribution is -2.36. The molecule has 0 radical (unpaired) electrons. The fourth-order valence-electron chi connectivity index (χ4n) is 3.41. The van der Waals surface area contributed by atoms with E-state index in [-0.39, 0.29) is 18.0 Å². The van der Waals surface area contributed by atoms with Gasteiger partial charge in [0, 0.05) is 32.5 Å². The van der Waals surface area contributed by atoms with E-state index >= 15 is 0 Å². The molecule has 0 N–H and O–H groups in total. The Bertz CT molecular complexity index is 388.